The number of nitrogens with two attached hydrogens (primary N) is 1. The van der Waals surface area contributed by atoms with Crippen LogP contribution in [-0.4, -0.2) is 32.8 Å². The van der Waals surface area contributed by atoms with Crippen LogP contribution in [-0.2, 0) is 9.53 Å². The fraction of sp³-hybridized carbons (Fsp3) is 0.462. The third-order valence-electron chi connectivity index (χ3n) is 2.77. The molecule has 100 valence electrons. The first-order valence-electron chi connectivity index (χ1n) is 5.79. The Balaban J connectivity index is 2.63. The molecule has 1 aromatic carbocycles. The van der Waals surface area contributed by atoms with Crippen molar-refractivity contribution in [3.8, 4) is 5.75 Å². The minimum Gasteiger partial charge on any atom is -0.497 e. The van der Waals surface area contributed by atoms with Crippen molar-refractivity contribution < 1.29 is 14.3 Å². The molecule has 18 heavy (non-hydrogen) atoms. The molecule has 1 aromatic rings. The first-order chi connectivity index (χ1) is 8.62. The van der Waals surface area contributed by atoms with Gasteiger partial charge in [-0.3, -0.25) is 4.79 Å². The molecule has 0 aliphatic heterocycles. The highest BCUT2D eigenvalue weighted by Crippen LogP contribution is 2.17. The fourth-order valence-corrected chi connectivity index (χ4v) is 1.59. The number of benzene rings is 1. The number of amides is 1. The van der Waals surface area contributed by atoms with Crippen LogP contribution in [0.5, 0.6) is 5.75 Å². The zero-order valence-corrected chi connectivity index (χ0v) is 11.0. The molecule has 1 rings (SSSR count). The minimum absolute atomic E-state index is 0.104. The summed E-state index contributed by atoms with van der Waals surface area (Å²) < 4.78 is 10.1. The average Bonchev–Trinajstić information content (AvgIpc) is 2.40. The average molecular weight is 252 g/mol. The van der Waals surface area contributed by atoms with E-state index in [4.69, 9.17) is 15.2 Å². The molecule has 1 unspecified atom stereocenters. The van der Waals surface area contributed by atoms with Crippen molar-refractivity contribution in [2.75, 3.05) is 20.8 Å². The van der Waals surface area contributed by atoms with E-state index in [1.807, 2.05) is 31.2 Å². The summed E-state index contributed by atoms with van der Waals surface area (Å²) in [4.78, 5) is 11.8. The highest BCUT2D eigenvalue weighted by Gasteiger charge is 2.18. The minimum atomic E-state index is -0.606. The number of ether oxygens (including phenoxy) is 2. The second-order valence-corrected chi connectivity index (χ2v) is 3.96. The second kappa shape index (κ2) is 6.98. The summed E-state index contributed by atoms with van der Waals surface area (Å²) in [5.74, 6) is 0.581. The van der Waals surface area contributed by atoms with E-state index in [9.17, 15) is 4.79 Å². The van der Waals surface area contributed by atoms with E-state index in [2.05, 4.69) is 5.32 Å². The van der Waals surface area contributed by atoms with Crippen LogP contribution in [0.2, 0.25) is 0 Å². The van der Waals surface area contributed by atoms with Crippen molar-refractivity contribution in [3.05, 3.63) is 29.8 Å². The first-order valence-corrected chi connectivity index (χ1v) is 5.79. The van der Waals surface area contributed by atoms with Crippen LogP contribution in [0.15, 0.2) is 24.3 Å². The van der Waals surface area contributed by atoms with Gasteiger partial charge in [0.05, 0.1) is 13.2 Å². The SMILES string of the molecule is COc1ccc([C@H](C)NC(=O)C(CN)OC)cc1. The van der Waals surface area contributed by atoms with Crippen LogP contribution >= 0.6 is 0 Å². The Labute approximate surface area is 107 Å². The van der Waals surface area contributed by atoms with Gasteiger partial charge in [0, 0.05) is 13.7 Å². The molecule has 0 aliphatic rings. The predicted octanol–water partition coefficient (Wildman–Crippen LogP) is 0.846. The third kappa shape index (κ3) is 3.72. The summed E-state index contributed by atoms with van der Waals surface area (Å²) >= 11 is 0. The molecule has 0 bridgehead atoms. The molecule has 5 nitrogen and oxygen atoms in total. The van der Waals surface area contributed by atoms with E-state index in [0.29, 0.717) is 0 Å². The summed E-state index contributed by atoms with van der Waals surface area (Å²) in [6, 6.07) is 7.43. The first kappa shape index (κ1) is 14.5. The highest BCUT2D eigenvalue weighted by molar-refractivity contribution is 5.81. The number of hydrogen-bond acceptors (Lipinski definition) is 4. The number of carbonyl (C=O) groups excluding carboxylic acids is 1. The van der Waals surface area contributed by atoms with Gasteiger partial charge in [-0.05, 0) is 24.6 Å². The summed E-state index contributed by atoms with van der Waals surface area (Å²) in [7, 11) is 3.08. The van der Waals surface area contributed by atoms with Gasteiger partial charge in [0.25, 0.3) is 5.91 Å². The lowest BCUT2D eigenvalue weighted by Gasteiger charge is -2.18. The molecule has 0 aromatic heterocycles. The molecule has 0 fully saturated rings. The van der Waals surface area contributed by atoms with Gasteiger partial charge >= 0.3 is 0 Å². The molecule has 0 heterocycles. The summed E-state index contributed by atoms with van der Waals surface area (Å²) in [6.07, 6.45) is -0.606. The van der Waals surface area contributed by atoms with Crippen molar-refractivity contribution >= 4 is 5.91 Å². The zero-order valence-electron chi connectivity index (χ0n) is 11.0. The molecule has 2 atom stereocenters. The van der Waals surface area contributed by atoms with Crippen LogP contribution in [0.1, 0.15) is 18.5 Å². The zero-order chi connectivity index (χ0) is 13.5. The Morgan fingerprint density at radius 2 is 1.94 bits per heavy atom. The van der Waals surface area contributed by atoms with Gasteiger partial charge in [-0.25, -0.2) is 0 Å². The van der Waals surface area contributed by atoms with Gasteiger partial charge in [0.2, 0.25) is 0 Å². The fourth-order valence-electron chi connectivity index (χ4n) is 1.59. The van der Waals surface area contributed by atoms with E-state index in [1.54, 1.807) is 7.11 Å². The molecule has 0 saturated heterocycles. The van der Waals surface area contributed by atoms with Gasteiger partial charge in [0.1, 0.15) is 11.9 Å². The van der Waals surface area contributed by atoms with E-state index in [-0.39, 0.29) is 18.5 Å². The molecule has 1 amide bonds. The van der Waals surface area contributed by atoms with Crippen LogP contribution < -0.4 is 15.8 Å². The topological polar surface area (TPSA) is 73.6 Å². The molecule has 0 saturated carbocycles. The largest absolute Gasteiger partial charge is 0.497 e. The number of hydrogen-bond donors (Lipinski definition) is 2. The van der Waals surface area contributed by atoms with Crippen molar-refractivity contribution in [1.82, 2.24) is 5.32 Å². The summed E-state index contributed by atoms with van der Waals surface area (Å²) in [5.41, 5.74) is 6.43. The lowest BCUT2D eigenvalue weighted by atomic mass is 10.1. The van der Waals surface area contributed by atoms with E-state index in [1.165, 1.54) is 7.11 Å². The van der Waals surface area contributed by atoms with E-state index >= 15 is 0 Å². The summed E-state index contributed by atoms with van der Waals surface area (Å²) in [5, 5.41) is 2.85. The maximum absolute atomic E-state index is 11.8. The Morgan fingerprint density at radius 1 is 1.33 bits per heavy atom. The lowest BCUT2D eigenvalue weighted by Crippen LogP contribution is -2.41. The maximum Gasteiger partial charge on any atom is 0.250 e. The van der Waals surface area contributed by atoms with E-state index in [0.717, 1.165) is 11.3 Å². The Hall–Kier alpha value is -1.59. The molecular weight excluding hydrogens is 232 g/mol. The number of nitrogens with one attached hydrogen (secondary N) is 1. The van der Waals surface area contributed by atoms with Crippen molar-refractivity contribution in [3.63, 3.8) is 0 Å². The normalized spacial score (nSPS) is 13.8. The van der Waals surface area contributed by atoms with Crippen LogP contribution in [0.3, 0.4) is 0 Å². The van der Waals surface area contributed by atoms with Crippen molar-refractivity contribution in [2.45, 2.75) is 19.1 Å². The Bertz CT molecular complexity index is 374. The molecule has 0 aliphatic carbocycles. The van der Waals surface area contributed by atoms with Crippen LogP contribution in [0, 0.1) is 0 Å². The van der Waals surface area contributed by atoms with Gasteiger partial charge < -0.3 is 20.5 Å². The highest BCUT2D eigenvalue weighted by atomic mass is 16.5. The lowest BCUT2D eigenvalue weighted by molar-refractivity contribution is -0.131. The molecule has 0 spiro atoms. The number of carbonyl (C=O) groups is 1. The number of rotatable bonds is 6. The quantitative estimate of drug-likeness (QED) is 0.787. The van der Waals surface area contributed by atoms with Crippen LogP contribution in [0.25, 0.3) is 0 Å². The van der Waals surface area contributed by atoms with E-state index < -0.39 is 6.10 Å². The standard InChI is InChI=1S/C13H20N2O3/c1-9(15-13(16)12(8-14)18-3)10-4-6-11(17-2)7-5-10/h4-7,9,12H,8,14H2,1-3H3,(H,15,16)/t9-,12?/m0/s1. The summed E-state index contributed by atoms with van der Waals surface area (Å²) in [6.45, 7) is 2.07. The maximum atomic E-state index is 11.8. The van der Waals surface area contributed by atoms with Crippen LogP contribution in [0.4, 0.5) is 0 Å². The molecule has 5 heteroatoms. The smallest absolute Gasteiger partial charge is 0.250 e. The monoisotopic (exact) mass is 252 g/mol. The van der Waals surface area contributed by atoms with Gasteiger partial charge in [-0.1, -0.05) is 12.1 Å². The molecule has 3 N–H and O–H groups in total. The third-order valence-corrected chi connectivity index (χ3v) is 2.77. The van der Waals surface area contributed by atoms with Gasteiger partial charge in [0.15, 0.2) is 0 Å². The second-order valence-electron chi connectivity index (χ2n) is 3.96. The van der Waals surface area contributed by atoms with Gasteiger partial charge in [-0.15, -0.1) is 0 Å². The molecule has 0 radical (unpaired) electrons. The Kier molecular flexibility index (Phi) is 5.61. The molecular formula is C13H20N2O3. The Morgan fingerprint density at radius 3 is 2.39 bits per heavy atom. The van der Waals surface area contributed by atoms with Gasteiger partial charge in [-0.2, -0.15) is 0 Å². The van der Waals surface area contributed by atoms with Crippen molar-refractivity contribution in [1.29, 1.82) is 0 Å². The van der Waals surface area contributed by atoms with Crippen molar-refractivity contribution in [2.24, 2.45) is 5.73 Å². The number of methoxy groups -OCH3 is 2. The predicted molar refractivity (Wildman–Crippen MR) is 69.4 cm³/mol.